The summed E-state index contributed by atoms with van der Waals surface area (Å²) in [6.45, 7) is 9.88. The highest BCUT2D eigenvalue weighted by molar-refractivity contribution is 7.89. The molecule has 1 amide bonds. The molecule has 2 aromatic carbocycles. The van der Waals surface area contributed by atoms with Crippen LogP contribution >= 0.6 is 11.6 Å². The van der Waals surface area contributed by atoms with Crippen LogP contribution in [0.5, 0.6) is 5.75 Å². The van der Waals surface area contributed by atoms with Crippen LogP contribution in [0.3, 0.4) is 0 Å². The molecule has 8 heteroatoms. The van der Waals surface area contributed by atoms with Crippen LogP contribution < -0.4 is 10.1 Å². The lowest BCUT2D eigenvalue weighted by atomic mass is 9.96. The Bertz CT molecular complexity index is 1040. The quantitative estimate of drug-likeness (QED) is 0.652. The number of hydrogen-bond acceptors (Lipinski definition) is 4. The Balaban J connectivity index is 2.11. The number of likely N-dealkylation sites (N-methyl/N-ethyl adjacent to an activating group) is 1. The fourth-order valence-corrected chi connectivity index (χ4v) is 4.65. The van der Waals surface area contributed by atoms with Crippen molar-refractivity contribution in [2.24, 2.45) is 0 Å². The zero-order valence-corrected chi connectivity index (χ0v) is 19.8. The number of halogens is 1. The summed E-state index contributed by atoms with van der Waals surface area (Å²) in [5, 5.41) is 3.09. The molecule has 0 unspecified atom stereocenters. The van der Waals surface area contributed by atoms with Crippen LogP contribution in [-0.4, -0.2) is 38.8 Å². The molecular formula is C22H29ClN2O4S. The van der Waals surface area contributed by atoms with Gasteiger partial charge in [-0.3, -0.25) is 4.79 Å². The minimum Gasteiger partial charge on any atom is -0.492 e. The van der Waals surface area contributed by atoms with E-state index in [0.717, 1.165) is 21.0 Å². The number of aryl methyl sites for hydroxylation is 3. The summed E-state index contributed by atoms with van der Waals surface area (Å²) in [5.74, 6) is 0.0272. The fraction of sp³-hybridized carbons (Fsp3) is 0.409. The van der Waals surface area contributed by atoms with Crippen molar-refractivity contribution in [1.29, 1.82) is 0 Å². The van der Waals surface area contributed by atoms with Crippen LogP contribution in [0.15, 0.2) is 35.2 Å². The van der Waals surface area contributed by atoms with Gasteiger partial charge in [0.2, 0.25) is 15.9 Å². The third-order valence-electron chi connectivity index (χ3n) is 5.00. The molecule has 0 aliphatic rings. The highest BCUT2D eigenvalue weighted by atomic mass is 35.5. The molecule has 0 aliphatic heterocycles. The molecule has 0 aliphatic carbocycles. The maximum Gasteiger partial charge on any atom is 0.243 e. The monoisotopic (exact) mass is 452 g/mol. The van der Waals surface area contributed by atoms with E-state index in [1.807, 2.05) is 34.6 Å². The molecule has 0 aromatic heterocycles. The predicted octanol–water partition coefficient (Wildman–Crippen LogP) is 4.16. The largest absolute Gasteiger partial charge is 0.492 e. The van der Waals surface area contributed by atoms with Gasteiger partial charge in [-0.25, -0.2) is 8.42 Å². The number of sulfonamides is 1. The summed E-state index contributed by atoms with van der Waals surface area (Å²) in [5.41, 5.74) is 4.42. The molecule has 6 nitrogen and oxygen atoms in total. The van der Waals surface area contributed by atoms with Crippen molar-refractivity contribution in [2.45, 2.75) is 45.6 Å². The van der Waals surface area contributed by atoms with E-state index in [4.69, 9.17) is 16.3 Å². The third kappa shape index (κ3) is 5.53. The topological polar surface area (TPSA) is 75.7 Å². The minimum absolute atomic E-state index is 0.00399. The van der Waals surface area contributed by atoms with Gasteiger partial charge < -0.3 is 10.1 Å². The molecule has 30 heavy (non-hydrogen) atoms. The number of carbonyl (C=O) groups is 1. The molecule has 1 N–H and O–H groups in total. The summed E-state index contributed by atoms with van der Waals surface area (Å²) < 4.78 is 32.0. The molecular weight excluding hydrogens is 424 g/mol. The van der Waals surface area contributed by atoms with E-state index in [9.17, 15) is 13.2 Å². The van der Waals surface area contributed by atoms with E-state index in [1.165, 1.54) is 30.8 Å². The normalized spacial score (nSPS) is 12.7. The van der Waals surface area contributed by atoms with E-state index < -0.39 is 10.0 Å². The van der Waals surface area contributed by atoms with Crippen molar-refractivity contribution < 1.29 is 17.9 Å². The number of benzene rings is 2. The Morgan fingerprint density at radius 1 is 1.13 bits per heavy atom. The highest BCUT2D eigenvalue weighted by Crippen LogP contribution is 2.28. The van der Waals surface area contributed by atoms with Crippen LogP contribution in [0.2, 0.25) is 5.02 Å². The lowest BCUT2D eigenvalue weighted by molar-refractivity contribution is -0.121. The van der Waals surface area contributed by atoms with Crippen LogP contribution in [0.1, 0.15) is 42.1 Å². The average Bonchev–Trinajstić information content (AvgIpc) is 2.66. The minimum atomic E-state index is -3.88. The molecule has 0 saturated heterocycles. The summed E-state index contributed by atoms with van der Waals surface area (Å²) in [6, 6.07) is 8.15. The highest BCUT2D eigenvalue weighted by Gasteiger charge is 2.25. The van der Waals surface area contributed by atoms with Gasteiger partial charge in [-0.2, -0.15) is 4.31 Å². The van der Waals surface area contributed by atoms with Crippen LogP contribution in [-0.2, 0) is 14.8 Å². The number of amides is 1. The second kappa shape index (κ2) is 9.81. The second-order valence-corrected chi connectivity index (χ2v) is 9.82. The van der Waals surface area contributed by atoms with Gasteiger partial charge in [0.15, 0.2) is 0 Å². The van der Waals surface area contributed by atoms with Crippen molar-refractivity contribution in [3.8, 4) is 5.75 Å². The first kappa shape index (κ1) is 24.2. The first-order chi connectivity index (χ1) is 14.0. The summed E-state index contributed by atoms with van der Waals surface area (Å²) in [6.07, 6.45) is 0. The van der Waals surface area contributed by atoms with Crippen LogP contribution in [0.4, 0.5) is 0 Å². The zero-order valence-electron chi connectivity index (χ0n) is 18.2. The molecule has 0 spiro atoms. The molecule has 1 atom stereocenters. The van der Waals surface area contributed by atoms with E-state index in [0.29, 0.717) is 12.4 Å². The van der Waals surface area contributed by atoms with Crippen molar-refractivity contribution in [3.63, 3.8) is 0 Å². The molecule has 164 valence electrons. The van der Waals surface area contributed by atoms with Gasteiger partial charge in [-0.15, -0.1) is 0 Å². The lowest BCUT2D eigenvalue weighted by Gasteiger charge is -2.21. The van der Waals surface area contributed by atoms with Crippen LogP contribution in [0.25, 0.3) is 0 Å². The zero-order chi connectivity index (χ0) is 22.6. The van der Waals surface area contributed by atoms with Gasteiger partial charge >= 0.3 is 0 Å². The third-order valence-corrected chi connectivity index (χ3v) is 7.10. The van der Waals surface area contributed by atoms with Crippen molar-refractivity contribution >= 4 is 27.5 Å². The maximum absolute atomic E-state index is 12.8. The second-order valence-electron chi connectivity index (χ2n) is 7.37. The number of hydrogen-bond donors (Lipinski definition) is 1. The predicted molar refractivity (Wildman–Crippen MR) is 120 cm³/mol. The molecule has 0 fully saturated rings. The Hall–Kier alpha value is -2.09. The van der Waals surface area contributed by atoms with Gasteiger partial charge in [0, 0.05) is 7.05 Å². The van der Waals surface area contributed by atoms with E-state index in [2.05, 4.69) is 17.4 Å². The SMILES string of the molecule is CCOc1ccc(S(=O)(=O)N(C)CC(=O)N[C@H](C)c2cc(C)c(C)cc2C)cc1Cl. The molecule has 0 bridgehead atoms. The average molecular weight is 453 g/mol. The number of rotatable bonds is 8. The summed E-state index contributed by atoms with van der Waals surface area (Å²) in [7, 11) is -2.51. The number of ether oxygens (including phenoxy) is 1. The van der Waals surface area contributed by atoms with Gasteiger partial charge in [-0.1, -0.05) is 23.7 Å². The molecule has 0 radical (unpaired) electrons. The molecule has 2 rings (SSSR count). The Morgan fingerprint density at radius 2 is 1.77 bits per heavy atom. The fourth-order valence-electron chi connectivity index (χ4n) is 3.20. The van der Waals surface area contributed by atoms with Gasteiger partial charge in [-0.05, 0) is 75.1 Å². The van der Waals surface area contributed by atoms with E-state index in [1.54, 1.807) is 0 Å². The van der Waals surface area contributed by atoms with Crippen molar-refractivity contribution in [2.75, 3.05) is 20.2 Å². The maximum atomic E-state index is 12.8. The standard InChI is InChI=1S/C22H29ClN2O4S/c1-7-29-21-9-8-18(12-20(21)23)30(27,28)25(6)13-22(26)24-17(5)19-11-15(3)14(2)10-16(19)4/h8-12,17H,7,13H2,1-6H3,(H,24,26)/t17-/m1/s1. The van der Waals surface area contributed by atoms with E-state index in [-0.39, 0.29) is 28.4 Å². The summed E-state index contributed by atoms with van der Waals surface area (Å²) >= 11 is 6.11. The number of carbonyl (C=O) groups excluding carboxylic acids is 1. The molecule has 2 aromatic rings. The number of nitrogens with one attached hydrogen (secondary N) is 1. The van der Waals surface area contributed by atoms with Crippen LogP contribution in [0, 0.1) is 20.8 Å². The van der Waals surface area contributed by atoms with Gasteiger partial charge in [0.1, 0.15) is 5.75 Å². The van der Waals surface area contributed by atoms with Gasteiger partial charge in [0.25, 0.3) is 0 Å². The molecule has 0 saturated carbocycles. The number of nitrogens with zero attached hydrogens (tertiary/aromatic N) is 1. The van der Waals surface area contributed by atoms with Crippen molar-refractivity contribution in [3.05, 3.63) is 57.6 Å². The smallest absolute Gasteiger partial charge is 0.243 e. The van der Waals surface area contributed by atoms with Crippen molar-refractivity contribution in [1.82, 2.24) is 9.62 Å². The van der Waals surface area contributed by atoms with Gasteiger partial charge in [0.05, 0.1) is 29.1 Å². The van der Waals surface area contributed by atoms with E-state index >= 15 is 0 Å². The first-order valence-corrected chi connectivity index (χ1v) is 11.5. The Morgan fingerprint density at radius 3 is 2.37 bits per heavy atom. The lowest BCUT2D eigenvalue weighted by Crippen LogP contribution is -2.39. The first-order valence-electron chi connectivity index (χ1n) is 9.73. The summed E-state index contributed by atoms with van der Waals surface area (Å²) in [4.78, 5) is 12.5. The Kier molecular flexibility index (Phi) is 7.91. The molecule has 0 heterocycles. The Labute approximate surface area is 184 Å².